The highest BCUT2D eigenvalue weighted by Crippen LogP contribution is 2.04. The summed E-state index contributed by atoms with van der Waals surface area (Å²) in [6.45, 7) is 2.77. The van der Waals surface area contributed by atoms with E-state index in [0.717, 1.165) is 6.42 Å². The second-order valence-electron chi connectivity index (χ2n) is 4.14. The number of amides is 3. The third kappa shape index (κ3) is 6.33. The monoisotopic (exact) mass is 297 g/mol. The van der Waals surface area contributed by atoms with Crippen LogP contribution in [0.1, 0.15) is 30.1 Å². The molecule has 1 heterocycles. The molecule has 1 aromatic heterocycles. The molecule has 0 aromatic carbocycles. The van der Waals surface area contributed by atoms with Crippen molar-refractivity contribution in [3.63, 3.8) is 0 Å². The predicted octanol–water partition coefficient (Wildman–Crippen LogP) is 0.510. The summed E-state index contributed by atoms with van der Waals surface area (Å²) in [7, 11) is 0. The quantitative estimate of drug-likeness (QED) is 0.653. The highest BCUT2D eigenvalue weighted by atomic mass is 32.1. The normalized spacial score (nSPS) is 9.85. The van der Waals surface area contributed by atoms with Crippen molar-refractivity contribution in [2.24, 2.45) is 0 Å². The van der Waals surface area contributed by atoms with Crippen LogP contribution in [0.4, 0.5) is 0 Å². The summed E-state index contributed by atoms with van der Waals surface area (Å²) >= 11 is 1.44. The number of hydrogen-bond acceptors (Lipinski definition) is 4. The second-order valence-corrected chi connectivity index (χ2v) is 4.92. The van der Waals surface area contributed by atoms with Crippen LogP contribution in [-0.4, -0.2) is 37.4 Å². The maximum atomic E-state index is 11.6. The summed E-state index contributed by atoms with van der Waals surface area (Å²) in [6, 6.07) is 1.72. The first kappa shape index (κ1) is 16.2. The Labute approximate surface area is 121 Å². The van der Waals surface area contributed by atoms with E-state index in [1.54, 1.807) is 11.4 Å². The fourth-order valence-corrected chi connectivity index (χ4v) is 2.02. The molecule has 0 aliphatic carbocycles. The summed E-state index contributed by atoms with van der Waals surface area (Å²) in [6.07, 6.45) is 1.01. The van der Waals surface area contributed by atoms with Gasteiger partial charge in [0.05, 0.1) is 6.54 Å². The molecule has 110 valence electrons. The summed E-state index contributed by atoms with van der Waals surface area (Å²) in [5.41, 5.74) is 0.592. The molecule has 6 nitrogen and oxygen atoms in total. The first-order valence-electron chi connectivity index (χ1n) is 6.47. The van der Waals surface area contributed by atoms with E-state index in [2.05, 4.69) is 16.0 Å². The van der Waals surface area contributed by atoms with Gasteiger partial charge in [-0.05, 0) is 17.9 Å². The van der Waals surface area contributed by atoms with Crippen molar-refractivity contribution in [2.45, 2.75) is 19.8 Å². The number of carbonyl (C=O) groups excluding carboxylic acids is 3. The van der Waals surface area contributed by atoms with Crippen LogP contribution < -0.4 is 16.0 Å². The largest absolute Gasteiger partial charge is 0.355 e. The molecule has 0 radical (unpaired) electrons. The number of hydrogen-bond donors (Lipinski definition) is 3. The fourth-order valence-electron chi connectivity index (χ4n) is 1.38. The Balaban J connectivity index is 2.11. The van der Waals surface area contributed by atoms with Gasteiger partial charge in [-0.25, -0.2) is 0 Å². The third-order valence-electron chi connectivity index (χ3n) is 2.44. The highest BCUT2D eigenvalue weighted by molar-refractivity contribution is 7.08. The van der Waals surface area contributed by atoms with Crippen LogP contribution in [0.5, 0.6) is 0 Å². The van der Waals surface area contributed by atoms with E-state index < -0.39 is 0 Å². The molecule has 0 saturated heterocycles. The number of thiophene rings is 1. The molecule has 0 bridgehead atoms. The molecular weight excluding hydrogens is 278 g/mol. The van der Waals surface area contributed by atoms with Crippen LogP contribution in [0, 0.1) is 0 Å². The molecule has 3 N–H and O–H groups in total. The van der Waals surface area contributed by atoms with E-state index in [0.29, 0.717) is 12.1 Å². The van der Waals surface area contributed by atoms with Gasteiger partial charge in [0.2, 0.25) is 11.8 Å². The van der Waals surface area contributed by atoms with Crippen molar-refractivity contribution in [1.82, 2.24) is 16.0 Å². The van der Waals surface area contributed by atoms with E-state index in [-0.39, 0.29) is 37.2 Å². The molecule has 0 unspecified atom stereocenters. The van der Waals surface area contributed by atoms with E-state index in [4.69, 9.17) is 0 Å². The molecule has 0 saturated carbocycles. The van der Waals surface area contributed by atoms with Crippen molar-refractivity contribution >= 4 is 29.1 Å². The maximum Gasteiger partial charge on any atom is 0.252 e. The Morgan fingerprint density at radius 1 is 1.10 bits per heavy atom. The molecule has 1 rings (SSSR count). The molecule has 0 atom stereocenters. The molecule has 0 aliphatic heterocycles. The van der Waals surface area contributed by atoms with E-state index in [1.165, 1.54) is 11.3 Å². The van der Waals surface area contributed by atoms with Crippen LogP contribution in [0.3, 0.4) is 0 Å². The van der Waals surface area contributed by atoms with Gasteiger partial charge in [-0.3, -0.25) is 14.4 Å². The van der Waals surface area contributed by atoms with Crippen molar-refractivity contribution in [1.29, 1.82) is 0 Å². The molecule has 7 heteroatoms. The Morgan fingerprint density at radius 2 is 1.90 bits per heavy atom. The van der Waals surface area contributed by atoms with Gasteiger partial charge in [0.1, 0.15) is 0 Å². The summed E-state index contributed by atoms with van der Waals surface area (Å²) in [5.74, 6) is -0.662. The van der Waals surface area contributed by atoms with Crippen molar-refractivity contribution in [3.05, 3.63) is 22.4 Å². The van der Waals surface area contributed by atoms with Gasteiger partial charge in [0.15, 0.2) is 0 Å². The third-order valence-corrected chi connectivity index (χ3v) is 3.12. The Bertz CT molecular complexity index is 446. The Morgan fingerprint density at radius 3 is 2.55 bits per heavy atom. The molecule has 3 amide bonds. The second kappa shape index (κ2) is 9.08. The van der Waals surface area contributed by atoms with Crippen LogP contribution >= 0.6 is 11.3 Å². The lowest BCUT2D eigenvalue weighted by molar-refractivity contribution is -0.126. The minimum absolute atomic E-state index is 0.0304. The lowest BCUT2D eigenvalue weighted by Gasteiger charge is -2.06. The number of rotatable bonds is 8. The Kier molecular flexibility index (Phi) is 7.34. The van der Waals surface area contributed by atoms with Gasteiger partial charge < -0.3 is 16.0 Å². The van der Waals surface area contributed by atoms with Crippen molar-refractivity contribution in [3.8, 4) is 0 Å². The summed E-state index contributed by atoms with van der Waals surface area (Å²) in [4.78, 5) is 34.3. The maximum absolute atomic E-state index is 11.6. The van der Waals surface area contributed by atoms with Crippen LogP contribution in [0.2, 0.25) is 0 Å². The average Bonchev–Trinajstić information content (AvgIpc) is 2.97. The van der Waals surface area contributed by atoms with Crippen LogP contribution in [0.25, 0.3) is 0 Å². The minimum Gasteiger partial charge on any atom is -0.355 e. The average molecular weight is 297 g/mol. The molecule has 0 spiro atoms. The summed E-state index contributed by atoms with van der Waals surface area (Å²) in [5, 5.41) is 11.4. The smallest absolute Gasteiger partial charge is 0.252 e. The van der Waals surface area contributed by atoms with E-state index in [9.17, 15) is 14.4 Å². The lowest BCUT2D eigenvalue weighted by Crippen LogP contribution is -2.38. The summed E-state index contributed by atoms with van der Waals surface area (Å²) < 4.78 is 0. The zero-order chi connectivity index (χ0) is 14.8. The zero-order valence-electron chi connectivity index (χ0n) is 11.4. The Hall–Kier alpha value is -1.89. The molecule has 0 aliphatic rings. The van der Waals surface area contributed by atoms with Gasteiger partial charge in [-0.1, -0.05) is 6.92 Å². The lowest BCUT2D eigenvalue weighted by atomic mass is 10.3. The first-order valence-corrected chi connectivity index (χ1v) is 7.41. The van der Waals surface area contributed by atoms with Gasteiger partial charge in [0, 0.05) is 30.5 Å². The molecule has 1 aromatic rings. The van der Waals surface area contributed by atoms with Gasteiger partial charge in [-0.15, -0.1) is 0 Å². The molecule has 20 heavy (non-hydrogen) atoms. The predicted molar refractivity (Wildman–Crippen MR) is 77.6 cm³/mol. The zero-order valence-corrected chi connectivity index (χ0v) is 12.2. The molecule has 0 fully saturated rings. The number of nitrogens with one attached hydrogen (secondary N) is 3. The van der Waals surface area contributed by atoms with E-state index >= 15 is 0 Å². The van der Waals surface area contributed by atoms with Crippen LogP contribution in [0.15, 0.2) is 16.8 Å². The minimum atomic E-state index is -0.262. The standard InChI is InChI=1S/C13H19N3O3S/c1-2-5-14-12(18)8-16-11(17)3-6-15-13(19)10-4-7-20-9-10/h4,7,9H,2-3,5-6,8H2,1H3,(H,14,18)(H,15,19)(H,16,17). The number of carbonyl (C=O) groups is 3. The SMILES string of the molecule is CCCNC(=O)CNC(=O)CCNC(=O)c1ccsc1. The molecular formula is C13H19N3O3S. The van der Waals surface area contributed by atoms with Crippen LogP contribution in [-0.2, 0) is 9.59 Å². The van der Waals surface area contributed by atoms with Crippen molar-refractivity contribution < 1.29 is 14.4 Å². The topological polar surface area (TPSA) is 87.3 Å². The van der Waals surface area contributed by atoms with E-state index in [1.807, 2.05) is 12.3 Å². The van der Waals surface area contributed by atoms with Crippen molar-refractivity contribution in [2.75, 3.05) is 19.6 Å². The van der Waals surface area contributed by atoms with Gasteiger partial charge in [0.25, 0.3) is 5.91 Å². The first-order chi connectivity index (χ1) is 9.63. The fraction of sp³-hybridized carbons (Fsp3) is 0.462. The van der Waals surface area contributed by atoms with Gasteiger partial charge >= 0.3 is 0 Å². The van der Waals surface area contributed by atoms with Gasteiger partial charge in [-0.2, -0.15) is 11.3 Å². The highest BCUT2D eigenvalue weighted by Gasteiger charge is 2.07.